The van der Waals surface area contributed by atoms with Crippen molar-refractivity contribution in [2.75, 3.05) is 5.32 Å². The average molecular weight is 564 g/mol. The number of amides is 2. The maximum absolute atomic E-state index is 12.7. The second-order valence-electron chi connectivity index (χ2n) is 9.14. The van der Waals surface area contributed by atoms with Crippen molar-refractivity contribution in [3.8, 4) is 5.75 Å². The summed E-state index contributed by atoms with van der Waals surface area (Å²) in [5, 5.41) is 15.0. The summed E-state index contributed by atoms with van der Waals surface area (Å²) in [7, 11) is -4.07. The van der Waals surface area contributed by atoms with Crippen LogP contribution in [0, 0.1) is 0 Å². The van der Waals surface area contributed by atoms with E-state index in [4.69, 9.17) is 4.74 Å². The summed E-state index contributed by atoms with van der Waals surface area (Å²) in [6.07, 6.45) is -1.48. The first-order valence-corrected chi connectivity index (χ1v) is 13.8. The molecular formula is C27H25N5O7S. The maximum Gasteiger partial charge on any atom is 0.322 e. The predicted molar refractivity (Wildman–Crippen MR) is 144 cm³/mol. The van der Waals surface area contributed by atoms with Crippen LogP contribution in [-0.2, 0) is 37.4 Å². The molecule has 0 radical (unpaired) electrons. The van der Waals surface area contributed by atoms with Gasteiger partial charge in [0.15, 0.2) is 6.10 Å². The van der Waals surface area contributed by atoms with E-state index in [9.17, 15) is 27.9 Å². The molecule has 0 spiro atoms. The summed E-state index contributed by atoms with van der Waals surface area (Å²) in [5.41, 5.74) is 2.37. The Morgan fingerprint density at radius 2 is 1.80 bits per heavy atom. The van der Waals surface area contributed by atoms with Crippen molar-refractivity contribution in [1.29, 1.82) is 0 Å². The van der Waals surface area contributed by atoms with Gasteiger partial charge in [0, 0.05) is 0 Å². The standard InChI is InChI=1S/C27H25N5O7S/c33-25(28-15-24-29-18-8-4-5-9-19(18)30-24)14-23-26(34)31-20-12-16(10-11-22(20)39-23)13-21(27(35)36)32-40(37,38)17-6-2-1-3-7-17/h1-12,21,23,32H,13-15H2,(H,28,33)(H,29,30)(H,31,34)(H,35,36)/t21-,23?/m0/s1. The molecule has 1 aliphatic heterocycles. The molecule has 5 N–H and O–H groups in total. The molecule has 12 nitrogen and oxygen atoms in total. The molecule has 0 saturated carbocycles. The van der Waals surface area contributed by atoms with Crippen molar-refractivity contribution < 1.29 is 32.6 Å². The quantitative estimate of drug-likeness (QED) is 0.194. The van der Waals surface area contributed by atoms with Gasteiger partial charge in [-0.2, -0.15) is 4.72 Å². The van der Waals surface area contributed by atoms with Crippen molar-refractivity contribution in [2.24, 2.45) is 0 Å². The molecule has 2 atom stereocenters. The highest BCUT2D eigenvalue weighted by Gasteiger charge is 2.31. The number of aromatic nitrogens is 2. The highest BCUT2D eigenvalue weighted by atomic mass is 32.2. The van der Waals surface area contributed by atoms with Crippen molar-refractivity contribution in [3.05, 3.63) is 84.2 Å². The molecule has 206 valence electrons. The minimum atomic E-state index is -4.07. The lowest BCUT2D eigenvalue weighted by molar-refractivity contribution is -0.139. The van der Waals surface area contributed by atoms with Crippen LogP contribution in [0.4, 0.5) is 5.69 Å². The molecule has 13 heteroatoms. The van der Waals surface area contributed by atoms with E-state index in [-0.39, 0.29) is 30.0 Å². The van der Waals surface area contributed by atoms with Gasteiger partial charge in [-0.05, 0) is 48.4 Å². The number of imidazole rings is 1. The van der Waals surface area contributed by atoms with Crippen LogP contribution in [0.2, 0.25) is 0 Å². The number of carboxylic acid groups (broad SMARTS) is 1. The number of sulfonamides is 1. The number of benzene rings is 3. The number of carboxylic acids is 1. The number of carbonyl (C=O) groups is 3. The number of nitrogens with zero attached hydrogens (tertiary/aromatic N) is 1. The zero-order valence-corrected chi connectivity index (χ0v) is 21.8. The first-order valence-electron chi connectivity index (χ1n) is 12.3. The van der Waals surface area contributed by atoms with Crippen molar-refractivity contribution in [3.63, 3.8) is 0 Å². The van der Waals surface area contributed by atoms with Crippen LogP contribution >= 0.6 is 0 Å². The smallest absolute Gasteiger partial charge is 0.322 e. The molecular weight excluding hydrogens is 538 g/mol. The minimum Gasteiger partial charge on any atom is -0.480 e. The Morgan fingerprint density at radius 1 is 1.05 bits per heavy atom. The summed E-state index contributed by atoms with van der Waals surface area (Å²) in [6, 6.07) is 18.1. The Kier molecular flexibility index (Phi) is 7.49. The summed E-state index contributed by atoms with van der Waals surface area (Å²) in [6.45, 7) is 0.153. The molecule has 0 bridgehead atoms. The van der Waals surface area contributed by atoms with E-state index in [1.54, 1.807) is 12.1 Å². The lowest BCUT2D eigenvalue weighted by Gasteiger charge is -2.26. The van der Waals surface area contributed by atoms with Gasteiger partial charge >= 0.3 is 5.97 Å². The molecule has 1 aromatic heterocycles. The number of hydrogen-bond acceptors (Lipinski definition) is 7. The average Bonchev–Trinajstić information content (AvgIpc) is 3.35. The molecule has 0 saturated heterocycles. The first kappa shape index (κ1) is 26.8. The van der Waals surface area contributed by atoms with Crippen LogP contribution in [0.3, 0.4) is 0 Å². The van der Waals surface area contributed by atoms with Crippen LogP contribution < -0.4 is 20.1 Å². The number of rotatable bonds is 10. The number of H-pyrrole nitrogens is 1. The van der Waals surface area contributed by atoms with E-state index in [0.717, 1.165) is 11.0 Å². The second kappa shape index (κ2) is 11.2. The van der Waals surface area contributed by atoms with Gasteiger partial charge in [-0.15, -0.1) is 0 Å². The highest BCUT2D eigenvalue weighted by Crippen LogP contribution is 2.31. The van der Waals surface area contributed by atoms with Gasteiger partial charge in [-0.3, -0.25) is 14.4 Å². The highest BCUT2D eigenvalue weighted by molar-refractivity contribution is 7.89. The summed E-state index contributed by atoms with van der Waals surface area (Å²) in [4.78, 5) is 44.4. The zero-order chi connectivity index (χ0) is 28.3. The van der Waals surface area contributed by atoms with Crippen molar-refractivity contribution in [2.45, 2.75) is 36.4 Å². The molecule has 0 fully saturated rings. The van der Waals surface area contributed by atoms with E-state index < -0.39 is 40.0 Å². The number of fused-ring (bicyclic) bond motifs is 2. The second-order valence-corrected chi connectivity index (χ2v) is 10.9. The third-order valence-electron chi connectivity index (χ3n) is 6.21. The molecule has 3 aromatic carbocycles. The largest absolute Gasteiger partial charge is 0.480 e. The number of hydrogen-bond donors (Lipinski definition) is 5. The Morgan fingerprint density at radius 3 is 2.55 bits per heavy atom. The van der Waals surface area contributed by atoms with E-state index in [1.165, 1.54) is 36.4 Å². The topological polar surface area (TPSA) is 180 Å². The van der Waals surface area contributed by atoms with Crippen LogP contribution in [0.1, 0.15) is 17.8 Å². The fourth-order valence-electron chi connectivity index (χ4n) is 4.24. The Bertz CT molecular complexity index is 1650. The molecule has 1 aliphatic rings. The fourth-order valence-corrected chi connectivity index (χ4v) is 5.45. The molecule has 40 heavy (non-hydrogen) atoms. The lowest BCUT2D eigenvalue weighted by atomic mass is 10.0. The Hall–Kier alpha value is -4.75. The zero-order valence-electron chi connectivity index (χ0n) is 21.0. The SMILES string of the molecule is O=C(CC1Oc2ccc(C[C@H](NS(=O)(=O)c3ccccc3)C(=O)O)cc2NC1=O)NCc1nc2ccccc2[nH]1. The summed E-state index contributed by atoms with van der Waals surface area (Å²) < 4.78 is 33.2. The van der Waals surface area contributed by atoms with Gasteiger partial charge in [0.25, 0.3) is 5.91 Å². The van der Waals surface area contributed by atoms with Crippen molar-refractivity contribution in [1.82, 2.24) is 20.0 Å². The fraction of sp³-hybridized carbons (Fsp3) is 0.185. The van der Waals surface area contributed by atoms with E-state index in [2.05, 4.69) is 25.3 Å². The Balaban J connectivity index is 1.20. The number of ether oxygens (including phenoxy) is 1. The van der Waals surface area contributed by atoms with Crippen LogP contribution in [-0.4, -0.2) is 53.4 Å². The van der Waals surface area contributed by atoms with E-state index >= 15 is 0 Å². The number of para-hydroxylation sites is 2. The third kappa shape index (κ3) is 6.11. The number of aromatic amines is 1. The monoisotopic (exact) mass is 563 g/mol. The number of anilines is 1. The Labute approximate surface area is 228 Å². The van der Waals surface area contributed by atoms with Gasteiger partial charge in [0.2, 0.25) is 15.9 Å². The molecule has 2 heterocycles. The minimum absolute atomic E-state index is 0.0555. The summed E-state index contributed by atoms with van der Waals surface area (Å²) >= 11 is 0. The molecule has 5 rings (SSSR count). The van der Waals surface area contributed by atoms with Gasteiger partial charge in [0.05, 0.1) is 34.6 Å². The molecule has 4 aromatic rings. The van der Waals surface area contributed by atoms with Gasteiger partial charge in [-0.25, -0.2) is 13.4 Å². The number of carbonyl (C=O) groups excluding carboxylic acids is 2. The predicted octanol–water partition coefficient (Wildman–Crippen LogP) is 1.94. The molecule has 2 amide bonds. The van der Waals surface area contributed by atoms with Crippen LogP contribution in [0.25, 0.3) is 11.0 Å². The third-order valence-corrected chi connectivity index (χ3v) is 7.70. The summed E-state index contributed by atoms with van der Waals surface area (Å²) in [5.74, 6) is -1.42. The maximum atomic E-state index is 12.7. The van der Waals surface area contributed by atoms with Gasteiger partial charge < -0.3 is 25.5 Å². The van der Waals surface area contributed by atoms with Crippen LogP contribution in [0.15, 0.2) is 77.7 Å². The normalized spacial score (nSPS) is 15.5. The van der Waals surface area contributed by atoms with Crippen molar-refractivity contribution >= 4 is 44.5 Å². The number of aliphatic carboxylic acids is 1. The van der Waals surface area contributed by atoms with Crippen LogP contribution in [0.5, 0.6) is 5.75 Å². The number of nitrogens with one attached hydrogen (secondary N) is 4. The molecule has 1 unspecified atom stereocenters. The van der Waals surface area contributed by atoms with Gasteiger partial charge in [-0.1, -0.05) is 36.4 Å². The lowest BCUT2D eigenvalue weighted by Crippen LogP contribution is -2.42. The van der Waals surface area contributed by atoms with E-state index in [0.29, 0.717) is 17.1 Å². The van der Waals surface area contributed by atoms with Gasteiger partial charge in [0.1, 0.15) is 17.6 Å². The van der Waals surface area contributed by atoms with E-state index in [1.807, 2.05) is 24.3 Å². The molecule has 0 aliphatic carbocycles. The first-order chi connectivity index (χ1) is 19.2.